The van der Waals surface area contributed by atoms with Crippen LogP contribution in [0, 0.1) is 22.7 Å². The van der Waals surface area contributed by atoms with Crippen molar-refractivity contribution in [3.05, 3.63) is 9.47 Å². The Hall–Kier alpha value is 0.370. The monoisotopic (exact) mass is 348 g/mol. The van der Waals surface area contributed by atoms with Crippen LogP contribution in [-0.4, -0.2) is 5.78 Å². The van der Waals surface area contributed by atoms with E-state index in [4.69, 9.17) is 0 Å². The Balaban J connectivity index is 2.38. The summed E-state index contributed by atoms with van der Waals surface area (Å²) in [5.74, 6) is 1.41. The number of fused-ring (bicyclic) bond motifs is 3. The molecule has 3 heteroatoms. The molecule has 3 saturated carbocycles. The van der Waals surface area contributed by atoms with Crippen molar-refractivity contribution in [1.82, 2.24) is 0 Å². The van der Waals surface area contributed by atoms with E-state index < -0.39 is 0 Å². The van der Waals surface area contributed by atoms with E-state index >= 15 is 0 Å². The fourth-order valence-electron chi connectivity index (χ4n) is 3.61. The highest BCUT2D eigenvalue weighted by molar-refractivity contribution is 9.28. The highest BCUT2D eigenvalue weighted by Crippen LogP contribution is 2.59. The fraction of sp³-hybridized carbons (Fsp3) is 0.769. The Kier molecular flexibility index (Phi) is 3.16. The Morgan fingerprint density at radius 1 is 1.38 bits per heavy atom. The van der Waals surface area contributed by atoms with Gasteiger partial charge in [0.25, 0.3) is 0 Å². The summed E-state index contributed by atoms with van der Waals surface area (Å²) in [6, 6.07) is 0. The molecule has 0 aromatic heterocycles. The molecule has 3 fully saturated rings. The van der Waals surface area contributed by atoms with Crippen molar-refractivity contribution in [2.24, 2.45) is 22.7 Å². The van der Waals surface area contributed by atoms with Gasteiger partial charge in [-0.3, -0.25) is 4.79 Å². The first kappa shape index (κ1) is 12.8. The lowest BCUT2D eigenvalue weighted by molar-refractivity contribution is -0.157. The molecule has 3 unspecified atom stereocenters. The number of rotatable bonds is 1. The van der Waals surface area contributed by atoms with Crippen molar-refractivity contribution in [2.75, 3.05) is 0 Å². The van der Waals surface area contributed by atoms with Crippen molar-refractivity contribution >= 4 is 37.6 Å². The Bertz CT molecular complexity index is 355. The van der Waals surface area contributed by atoms with Crippen molar-refractivity contribution < 1.29 is 4.79 Å². The minimum atomic E-state index is -0.148. The normalized spacial score (nSPS) is 40.9. The van der Waals surface area contributed by atoms with Gasteiger partial charge in [-0.25, -0.2) is 0 Å². The number of Topliss-reactive ketones (excluding diaryl/α,β-unsaturated/α-hetero) is 1. The summed E-state index contributed by atoms with van der Waals surface area (Å²) in [6.07, 6.45) is 5.57. The van der Waals surface area contributed by atoms with Gasteiger partial charge in [0.15, 0.2) is 0 Å². The van der Waals surface area contributed by atoms with E-state index in [1.54, 1.807) is 0 Å². The zero-order chi connectivity index (χ0) is 12.1. The zero-order valence-corrected chi connectivity index (χ0v) is 13.2. The third-order valence-corrected chi connectivity index (χ3v) is 5.35. The Morgan fingerprint density at radius 3 is 2.56 bits per heavy atom. The maximum absolute atomic E-state index is 12.6. The molecule has 0 saturated heterocycles. The van der Waals surface area contributed by atoms with Crippen LogP contribution in [0.2, 0.25) is 0 Å². The second kappa shape index (κ2) is 3.94. The minimum Gasteiger partial charge on any atom is -0.298 e. The van der Waals surface area contributed by atoms with Gasteiger partial charge in [0, 0.05) is 10.8 Å². The average molecular weight is 350 g/mol. The van der Waals surface area contributed by atoms with E-state index in [2.05, 4.69) is 58.7 Å². The lowest BCUT2D eigenvalue weighted by Gasteiger charge is -2.55. The summed E-state index contributed by atoms with van der Waals surface area (Å²) in [6.45, 7) is 6.40. The van der Waals surface area contributed by atoms with Gasteiger partial charge in [-0.05, 0) is 63.0 Å². The molecule has 0 aromatic carbocycles. The summed E-state index contributed by atoms with van der Waals surface area (Å²) in [7, 11) is 0. The second-order valence-corrected chi connectivity index (χ2v) is 8.78. The van der Waals surface area contributed by atoms with Crippen molar-refractivity contribution in [3.63, 3.8) is 0 Å². The fourth-order valence-corrected chi connectivity index (χ4v) is 4.24. The summed E-state index contributed by atoms with van der Waals surface area (Å²) < 4.78 is 0.976. The van der Waals surface area contributed by atoms with Gasteiger partial charge in [0.1, 0.15) is 5.78 Å². The topological polar surface area (TPSA) is 17.1 Å². The molecule has 3 aliphatic rings. The van der Waals surface area contributed by atoms with Crippen LogP contribution in [0.4, 0.5) is 0 Å². The van der Waals surface area contributed by atoms with Crippen LogP contribution >= 0.6 is 31.9 Å². The van der Waals surface area contributed by atoms with Gasteiger partial charge in [-0.2, -0.15) is 0 Å². The van der Waals surface area contributed by atoms with Crippen LogP contribution in [0.1, 0.15) is 40.0 Å². The standard InChI is InChI=1S/C13H18Br2O/c1-12(2)8-4-5-13(3,11(12)16)9(6-8)7-10(14)15/h7-9H,4-6H2,1-3H3. The molecular weight excluding hydrogens is 332 g/mol. The predicted molar refractivity (Wildman–Crippen MR) is 73.7 cm³/mol. The van der Waals surface area contributed by atoms with Crippen LogP contribution in [0.25, 0.3) is 0 Å². The number of hydrogen-bond donors (Lipinski definition) is 0. The molecular formula is C13H18Br2O. The number of ketones is 1. The smallest absolute Gasteiger partial charge is 0.145 e. The summed E-state index contributed by atoms with van der Waals surface area (Å²) in [5.41, 5.74) is -0.263. The summed E-state index contributed by atoms with van der Waals surface area (Å²) >= 11 is 6.84. The quantitative estimate of drug-likeness (QED) is 0.673. The van der Waals surface area contributed by atoms with Crippen LogP contribution < -0.4 is 0 Å². The molecule has 0 radical (unpaired) electrons. The lowest BCUT2D eigenvalue weighted by Crippen LogP contribution is -2.56. The molecule has 0 spiro atoms. The van der Waals surface area contributed by atoms with Gasteiger partial charge in [0.2, 0.25) is 0 Å². The summed E-state index contributed by atoms with van der Waals surface area (Å²) in [5, 5.41) is 0. The first-order chi connectivity index (χ1) is 7.28. The van der Waals surface area contributed by atoms with Crippen molar-refractivity contribution in [2.45, 2.75) is 40.0 Å². The highest BCUT2D eigenvalue weighted by Gasteiger charge is 2.58. The third kappa shape index (κ3) is 1.74. The highest BCUT2D eigenvalue weighted by atomic mass is 79.9. The Morgan fingerprint density at radius 2 is 2.00 bits per heavy atom. The lowest BCUT2D eigenvalue weighted by atomic mass is 9.47. The van der Waals surface area contributed by atoms with E-state index in [0.29, 0.717) is 17.6 Å². The molecule has 16 heavy (non-hydrogen) atoms. The van der Waals surface area contributed by atoms with Crippen LogP contribution in [-0.2, 0) is 4.79 Å². The van der Waals surface area contributed by atoms with E-state index in [-0.39, 0.29) is 10.8 Å². The number of carbonyl (C=O) groups is 1. The van der Waals surface area contributed by atoms with Crippen LogP contribution in [0.3, 0.4) is 0 Å². The van der Waals surface area contributed by atoms with Gasteiger partial charge < -0.3 is 0 Å². The van der Waals surface area contributed by atoms with Gasteiger partial charge in [-0.15, -0.1) is 0 Å². The molecule has 0 aromatic rings. The first-order valence-corrected chi connectivity index (χ1v) is 7.45. The predicted octanol–water partition coefficient (Wildman–Crippen LogP) is 4.65. The second-order valence-electron chi connectivity index (χ2n) is 6.00. The molecule has 3 aliphatic carbocycles. The zero-order valence-electron chi connectivity index (χ0n) is 10.0. The molecule has 0 heterocycles. The third-order valence-electron chi connectivity index (χ3n) is 4.82. The number of halogens is 2. The molecule has 0 N–H and O–H groups in total. The SMILES string of the molecule is CC1(C)C(=O)C2(C)CCC1CC2C=C(Br)Br. The minimum absolute atomic E-state index is 0.115. The maximum atomic E-state index is 12.6. The average Bonchev–Trinajstić information content (AvgIpc) is 2.17. The summed E-state index contributed by atoms with van der Waals surface area (Å²) in [4.78, 5) is 12.6. The maximum Gasteiger partial charge on any atom is 0.145 e. The molecule has 2 bridgehead atoms. The number of carbonyl (C=O) groups excluding carboxylic acids is 1. The number of allylic oxidation sites excluding steroid dienone is 1. The number of hydrogen-bond acceptors (Lipinski definition) is 1. The molecule has 3 atom stereocenters. The van der Waals surface area contributed by atoms with Gasteiger partial charge in [-0.1, -0.05) is 26.8 Å². The Labute approximate surface area is 114 Å². The molecule has 3 rings (SSSR count). The van der Waals surface area contributed by atoms with Gasteiger partial charge >= 0.3 is 0 Å². The van der Waals surface area contributed by atoms with Crippen LogP contribution in [0.5, 0.6) is 0 Å². The van der Waals surface area contributed by atoms with E-state index in [1.165, 1.54) is 6.42 Å². The van der Waals surface area contributed by atoms with Crippen LogP contribution in [0.15, 0.2) is 9.47 Å². The van der Waals surface area contributed by atoms with Gasteiger partial charge in [0.05, 0.1) is 3.39 Å². The van der Waals surface area contributed by atoms with Crippen molar-refractivity contribution in [1.29, 1.82) is 0 Å². The molecule has 90 valence electrons. The van der Waals surface area contributed by atoms with Crippen molar-refractivity contribution in [3.8, 4) is 0 Å². The molecule has 0 amide bonds. The van der Waals surface area contributed by atoms with E-state index in [0.717, 1.165) is 16.2 Å². The molecule has 0 aliphatic heterocycles. The van der Waals surface area contributed by atoms with E-state index in [1.807, 2.05) is 0 Å². The first-order valence-electron chi connectivity index (χ1n) is 5.86. The van der Waals surface area contributed by atoms with E-state index in [9.17, 15) is 4.79 Å². The molecule has 1 nitrogen and oxygen atoms in total. The largest absolute Gasteiger partial charge is 0.298 e.